The number of aryl methyl sites for hydroxylation is 1. The Hall–Kier alpha value is -3.74. The molecule has 1 N–H and O–H groups in total. The number of methoxy groups -OCH3 is 1. The van der Waals surface area contributed by atoms with E-state index >= 15 is 0 Å². The number of amides is 2. The molecule has 33 heavy (non-hydrogen) atoms. The van der Waals surface area contributed by atoms with Gasteiger partial charge in [0.15, 0.2) is 5.82 Å². The van der Waals surface area contributed by atoms with E-state index in [1.807, 2.05) is 59.5 Å². The number of ether oxygens (including phenoxy) is 1. The predicted molar refractivity (Wildman–Crippen MR) is 126 cm³/mol. The number of hydrogen-bond acceptors (Lipinski definition) is 5. The van der Waals surface area contributed by atoms with E-state index in [1.54, 1.807) is 20.2 Å². The molecule has 2 aromatic carbocycles. The molecule has 0 aliphatic carbocycles. The third kappa shape index (κ3) is 5.37. The molecule has 0 bridgehead atoms. The fourth-order valence-corrected chi connectivity index (χ4v) is 4.11. The lowest BCUT2D eigenvalue weighted by atomic mass is 9.99. The van der Waals surface area contributed by atoms with Crippen LogP contribution in [0.25, 0.3) is 0 Å². The molecule has 7 heteroatoms. The molecule has 1 aliphatic rings. The second kappa shape index (κ2) is 10.3. The standard InChI is InChI=1S/C26H28N4O3/c1-18-22(26(32)29-20-8-4-3-5-9-20)17-27-25(28-18)23-10-6-7-15-30(23)24(31)16-19-11-13-21(33-2)14-12-19/h3-5,8-9,11-14,17,23H,6-7,10,15-16H2,1-2H3,(H,29,32)/t23-/m1/s1. The van der Waals surface area contributed by atoms with Crippen LogP contribution >= 0.6 is 0 Å². The van der Waals surface area contributed by atoms with Crippen molar-refractivity contribution in [1.82, 2.24) is 14.9 Å². The van der Waals surface area contributed by atoms with Gasteiger partial charge in [-0.1, -0.05) is 30.3 Å². The van der Waals surface area contributed by atoms with E-state index in [2.05, 4.69) is 15.3 Å². The summed E-state index contributed by atoms with van der Waals surface area (Å²) in [6.07, 6.45) is 4.66. The minimum absolute atomic E-state index is 0.0528. The Morgan fingerprint density at radius 3 is 2.55 bits per heavy atom. The minimum Gasteiger partial charge on any atom is -0.497 e. The van der Waals surface area contributed by atoms with Crippen molar-refractivity contribution in [2.75, 3.05) is 19.0 Å². The van der Waals surface area contributed by atoms with E-state index in [4.69, 9.17) is 4.74 Å². The molecule has 0 radical (unpaired) electrons. The zero-order valence-electron chi connectivity index (χ0n) is 19.0. The van der Waals surface area contributed by atoms with Crippen LogP contribution in [0.5, 0.6) is 5.75 Å². The molecule has 170 valence electrons. The quantitative estimate of drug-likeness (QED) is 0.611. The largest absolute Gasteiger partial charge is 0.497 e. The Bertz CT molecular complexity index is 1120. The van der Waals surface area contributed by atoms with Gasteiger partial charge in [0.1, 0.15) is 5.75 Å². The van der Waals surface area contributed by atoms with Gasteiger partial charge in [-0.05, 0) is 56.0 Å². The van der Waals surface area contributed by atoms with Crippen LogP contribution in [0.2, 0.25) is 0 Å². The van der Waals surface area contributed by atoms with Crippen LogP contribution in [0, 0.1) is 6.92 Å². The zero-order chi connectivity index (χ0) is 23.2. The monoisotopic (exact) mass is 444 g/mol. The maximum absolute atomic E-state index is 13.1. The summed E-state index contributed by atoms with van der Waals surface area (Å²) in [5, 5.41) is 2.87. The van der Waals surface area contributed by atoms with Crippen LogP contribution in [0.1, 0.15) is 52.7 Å². The number of nitrogens with one attached hydrogen (secondary N) is 1. The molecule has 0 saturated carbocycles. The van der Waals surface area contributed by atoms with Crippen molar-refractivity contribution in [3.05, 3.63) is 83.4 Å². The Balaban J connectivity index is 1.49. The van der Waals surface area contributed by atoms with Gasteiger partial charge in [0.05, 0.1) is 30.8 Å². The molecule has 1 fully saturated rings. The molecule has 1 aromatic heterocycles. The fourth-order valence-electron chi connectivity index (χ4n) is 4.11. The molecule has 1 atom stereocenters. The van der Waals surface area contributed by atoms with Gasteiger partial charge in [-0.3, -0.25) is 9.59 Å². The van der Waals surface area contributed by atoms with Crippen LogP contribution in [0.4, 0.5) is 5.69 Å². The van der Waals surface area contributed by atoms with Crippen molar-refractivity contribution in [2.24, 2.45) is 0 Å². The van der Waals surface area contributed by atoms with Crippen LogP contribution in [0.15, 0.2) is 60.8 Å². The number of rotatable bonds is 6. The van der Waals surface area contributed by atoms with E-state index < -0.39 is 0 Å². The maximum atomic E-state index is 13.1. The summed E-state index contributed by atoms with van der Waals surface area (Å²) in [5.41, 5.74) is 2.68. The van der Waals surface area contributed by atoms with Gasteiger partial charge in [-0.25, -0.2) is 9.97 Å². The number of piperidine rings is 1. The Morgan fingerprint density at radius 2 is 1.85 bits per heavy atom. The van der Waals surface area contributed by atoms with E-state index in [9.17, 15) is 9.59 Å². The average Bonchev–Trinajstić information content (AvgIpc) is 2.85. The van der Waals surface area contributed by atoms with Gasteiger partial charge >= 0.3 is 0 Å². The Labute approximate surface area is 193 Å². The molecule has 7 nitrogen and oxygen atoms in total. The normalized spacial score (nSPS) is 15.7. The number of likely N-dealkylation sites (tertiary alicyclic amines) is 1. The number of carbonyl (C=O) groups excluding carboxylic acids is 2. The molecular formula is C26H28N4O3. The van der Waals surface area contributed by atoms with Gasteiger partial charge in [-0.15, -0.1) is 0 Å². The highest BCUT2D eigenvalue weighted by Gasteiger charge is 2.30. The highest BCUT2D eigenvalue weighted by molar-refractivity contribution is 6.04. The van der Waals surface area contributed by atoms with Crippen molar-refractivity contribution in [3.8, 4) is 5.75 Å². The predicted octanol–water partition coefficient (Wildman–Crippen LogP) is 4.34. The summed E-state index contributed by atoms with van der Waals surface area (Å²) < 4.78 is 5.20. The SMILES string of the molecule is COc1ccc(CC(=O)N2CCCC[C@@H]2c2ncc(C(=O)Nc3ccccc3)c(C)n2)cc1. The van der Waals surface area contributed by atoms with E-state index in [0.29, 0.717) is 35.7 Å². The number of benzene rings is 2. The highest BCUT2D eigenvalue weighted by atomic mass is 16.5. The molecule has 0 unspecified atom stereocenters. The summed E-state index contributed by atoms with van der Waals surface area (Å²) in [7, 11) is 1.62. The smallest absolute Gasteiger partial charge is 0.259 e. The molecule has 2 amide bonds. The van der Waals surface area contributed by atoms with Gasteiger partial charge in [0.2, 0.25) is 5.91 Å². The van der Waals surface area contributed by atoms with E-state index in [1.165, 1.54) is 0 Å². The number of carbonyl (C=O) groups is 2. The topological polar surface area (TPSA) is 84.4 Å². The maximum Gasteiger partial charge on any atom is 0.259 e. The Morgan fingerprint density at radius 1 is 1.09 bits per heavy atom. The molecule has 3 aromatic rings. The molecule has 0 spiro atoms. The zero-order valence-corrected chi connectivity index (χ0v) is 19.0. The number of aromatic nitrogens is 2. The lowest BCUT2D eigenvalue weighted by Crippen LogP contribution is -2.40. The van der Waals surface area contributed by atoms with Gasteiger partial charge in [0.25, 0.3) is 5.91 Å². The first-order chi connectivity index (χ1) is 16.0. The van der Waals surface area contributed by atoms with Crippen molar-refractivity contribution in [2.45, 2.75) is 38.6 Å². The lowest BCUT2D eigenvalue weighted by molar-refractivity contribution is -0.134. The number of para-hydroxylation sites is 1. The molecular weight excluding hydrogens is 416 g/mol. The minimum atomic E-state index is -0.249. The van der Waals surface area contributed by atoms with E-state index in [0.717, 1.165) is 30.6 Å². The van der Waals surface area contributed by atoms with Crippen molar-refractivity contribution < 1.29 is 14.3 Å². The van der Waals surface area contributed by atoms with Gasteiger partial charge in [-0.2, -0.15) is 0 Å². The first-order valence-corrected chi connectivity index (χ1v) is 11.2. The van der Waals surface area contributed by atoms with Crippen molar-refractivity contribution in [1.29, 1.82) is 0 Å². The van der Waals surface area contributed by atoms with Crippen LogP contribution < -0.4 is 10.1 Å². The van der Waals surface area contributed by atoms with Crippen LogP contribution in [-0.4, -0.2) is 40.3 Å². The Kier molecular flexibility index (Phi) is 6.98. The summed E-state index contributed by atoms with van der Waals surface area (Å²) in [6, 6.07) is 16.6. The first-order valence-electron chi connectivity index (χ1n) is 11.2. The van der Waals surface area contributed by atoms with Crippen LogP contribution in [-0.2, 0) is 11.2 Å². The third-order valence-electron chi connectivity index (χ3n) is 5.91. The summed E-state index contributed by atoms with van der Waals surface area (Å²) in [4.78, 5) is 36.8. The summed E-state index contributed by atoms with van der Waals surface area (Å²) >= 11 is 0. The number of hydrogen-bond donors (Lipinski definition) is 1. The lowest BCUT2D eigenvalue weighted by Gasteiger charge is -2.35. The van der Waals surface area contributed by atoms with Crippen LogP contribution in [0.3, 0.4) is 0 Å². The second-order valence-corrected chi connectivity index (χ2v) is 8.17. The molecule has 4 rings (SSSR count). The molecule has 2 heterocycles. The summed E-state index contributed by atoms with van der Waals surface area (Å²) in [5.74, 6) is 1.16. The van der Waals surface area contributed by atoms with Gasteiger partial charge in [0, 0.05) is 18.4 Å². The average molecular weight is 445 g/mol. The molecule has 1 saturated heterocycles. The van der Waals surface area contributed by atoms with Crippen molar-refractivity contribution in [3.63, 3.8) is 0 Å². The van der Waals surface area contributed by atoms with Crippen molar-refractivity contribution >= 4 is 17.5 Å². The number of anilines is 1. The number of nitrogens with zero attached hydrogens (tertiary/aromatic N) is 3. The van der Waals surface area contributed by atoms with E-state index in [-0.39, 0.29) is 17.9 Å². The third-order valence-corrected chi connectivity index (χ3v) is 5.91. The first kappa shape index (κ1) is 22.5. The van der Waals surface area contributed by atoms with Gasteiger partial charge < -0.3 is 15.0 Å². The highest BCUT2D eigenvalue weighted by Crippen LogP contribution is 2.30. The second-order valence-electron chi connectivity index (χ2n) is 8.17. The fraction of sp³-hybridized carbons (Fsp3) is 0.308. The summed E-state index contributed by atoms with van der Waals surface area (Å²) in [6.45, 7) is 2.48. The molecule has 1 aliphatic heterocycles.